The molecule has 232 valence electrons. The van der Waals surface area contributed by atoms with Crippen LogP contribution in [-0.2, 0) is 21.4 Å². The first-order valence-corrected chi connectivity index (χ1v) is 14.7. The molecule has 0 unspecified atom stereocenters. The van der Waals surface area contributed by atoms with Crippen LogP contribution in [0.25, 0.3) is 0 Å². The molecule has 3 aliphatic heterocycles. The summed E-state index contributed by atoms with van der Waals surface area (Å²) in [5.74, 6) is -1.45. The van der Waals surface area contributed by atoms with Gasteiger partial charge in [-0.05, 0) is 38.6 Å². The average molecular weight is 599 g/mol. The number of aromatic nitrogens is 1. The van der Waals surface area contributed by atoms with Crippen LogP contribution in [0, 0.1) is 11.6 Å². The number of anilines is 1. The molecule has 1 N–H and O–H groups in total. The Labute approximate surface area is 250 Å². The summed E-state index contributed by atoms with van der Waals surface area (Å²) in [7, 11) is 1.91. The third kappa shape index (κ3) is 6.35. The minimum absolute atomic E-state index is 0.0137. The lowest BCUT2D eigenvalue weighted by molar-refractivity contribution is -0.139. The monoisotopic (exact) mass is 598 g/mol. The number of amides is 3. The third-order valence-corrected chi connectivity index (χ3v) is 9.14. The zero-order valence-corrected chi connectivity index (χ0v) is 25.4. The van der Waals surface area contributed by atoms with E-state index in [1.165, 1.54) is 17.0 Å². The lowest BCUT2D eigenvalue weighted by Gasteiger charge is -2.47. The van der Waals surface area contributed by atoms with Gasteiger partial charge in [-0.25, -0.2) is 13.6 Å². The number of likely N-dealkylation sites (N-methyl/N-ethyl adjacent to an activating group) is 1. The fraction of sp³-hybridized carbons (Fsp3) is 0.548. The van der Waals surface area contributed by atoms with Crippen LogP contribution >= 0.6 is 0 Å². The number of carboxylic acid groups (broad SMARTS) is 1. The number of hydrogen-bond acceptors (Lipinski definition) is 6. The summed E-state index contributed by atoms with van der Waals surface area (Å²) < 4.78 is 27.8. The van der Waals surface area contributed by atoms with Gasteiger partial charge in [-0.3, -0.25) is 24.4 Å². The normalized spacial score (nSPS) is 24.4. The molecule has 12 heteroatoms. The lowest BCUT2D eigenvalue weighted by atomic mass is 9.88. The predicted octanol–water partition coefficient (Wildman–Crippen LogP) is 2.79. The van der Waals surface area contributed by atoms with Gasteiger partial charge in [0.05, 0.1) is 18.8 Å². The molecule has 0 spiro atoms. The maximum absolute atomic E-state index is 14.4. The number of hydrogen-bond donors (Lipinski definition) is 1. The highest BCUT2D eigenvalue weighted by atomic mass is 19.1. The Morgan fingerprint density at radius 2 is 1.84 bits per heavy atom. The fourth-order valence-corrected chi connectivity index (χ4v) is 6.44. The van der Waals surface area contributed by atoms with Crippen molar-refractivity contribution in [2.24, 2.45) is 0 Å². The minimum Gasteiger partial charge on any atom is -0.465 e. The summed E-state index contributed by atoms with van der Waals surface area (Å²) in [5, 5.41) is 9.83. The van der Waals surface area contributed by atoms with E-state index in [0.717, 1.165) is 11.6 Å². The highest BCUT2D eigenvalue weighted by Crippen LogP contribution is 2.41. The van der Waals surface area contributed by atoms with Gasteiger partial charge in [-0.1, -0.05) is 19.9 Å². The second-order valence-electron chi connectivity index (χ2n) is 12.9. The van der Waals surface area contributed by atoms with E-state index in [9.17, 15) is 28.3 Å². The molecular weight excluding hydrogens is 558 g/mol. The topological polar surface area (TPSA) is 101 Å². The minimum atomic E-state index is -1.02. The van der Waals surface area contributed by atoms with Crippen LogP contribution in [-0.4, -0.2) is 119 Å². The smallest absolute Gasteiger partial charge is 0.407 e. The summed E-state index contributed by atoms with van der Waals surface area (Å²) in [5.41, 5.74) is 2.12. The molecule has 2 fully saturated rings. The Bertz CT molecular complexity index is 1420. The molecule has 5 rings (SSSR count). The van der Waals surface area contributed by atoms with Crippen molar-refractivity contribution in [1.29, 1.82) is 0 Å². The molecule has 3 atom stereocenters. The van der Waals surface area contributed by atoms with Crippen LogP contribution in [0.1, 0.15) is 44.5 Å². The van der Waals surface area contributed by atoms with Gasteiger partial charge in [0.25, 0.3) is 0 Å². The third-order valence-electron chi connectivity index (χ3n) is 9.14. The Morgan fingerprint density at radius 3 is 2.53 bits per heavy atom. The summed E-state index contributed by atoms with van der Waals surface area (Å²) >= 11 is 0. The SMILES string of the molecule is C[C@@H]1CN(C[C@H]2CN(C(=O)O)[C@H](C)CN2CC(=O)N2CC(C)(C)c3cnc(Cc4ccc(F)cc4F)cc32)C(=O)CN1C. The second kappa shape index (κ2) is 11.8. The van der Waals surface area contributed by atoms with Crippen LogP contribution < -0.4 is 4.90 Å². The van der Waals surface area contributed by atoms with E-state index in [2.05, 4.69) is 4.98 Å². The standard InChI is InChI=1S/C31H40F2N6O4/c1-19-12-37(28(40)16-35(19)5)14-24-15-38(30(42)43)20(2)13-36(24)17-29(41)39-18-31(3,4)25-11-34-23(10-27(25)39)8-21-6-7-22(32)9-26(21)33/h6-7,9-11,19-20,24H,8,12-18H2,1-5H3,(H,42,43)/t19-,20-,24+/m1/s1. The number of rotatable bonds is 6. The van der Waals surface area contributed by atoms with E-state index in [0.29, 0.717) is 49.7 Å². The number of fused-ring (bicyclic) bond motifs is 1. The number of piperazine rings is 2. The van der Waals surface area contributed by atoms with Gasteiger partial charge in [-0.15, -0.1) is 0 Å². The molecule has 1 aromatic heterocycles. The number of nitrogens with zero attached hydrogens (tertiary/aromatic N) is 6. The number of pyridine rings is 1. The maximum Gasteiger partial charge on any atom is 0.407 e. The van der Waals surface area contributed by atoms with Crippen molar-refractivity contribution in [3.63, 3.8) is 0 Å². The number of carbonyl (C=O) groups excluding carboxylic acids is 2. The molecule has 3 amide bonds. The van der Waals surface area contributed by atoms with Gasteiger partial charge < -0.3 is 19.8 Å². The lowest BCUT2D eigenvalue weighted by Crippen LogP contribution is -2.64. The van der Waals surface area contributed by atoms with Gasteiger partial charge >= 0.3 is 6.09 Å². The highest BCUT2D eigenvalue weighted by Gasteiger charge is 2.42. The molecular formula is C31H40F2N6O4. The molecule has 3 aliphatic rings. The van der Waals surface area contributed by atoms with Gasteiger partial charge in [0, 0.05) is 86.2 Å². The molecule has 0 radical (unpaired) electrons. The Morgan fingerprint density at radius 1 is 1.09 bits per heavy atom. The first-order valence-electron chi connectivity index (χ1n) is 14.7. The molecule has 4 heterocycles. The molecule has 0 bridgehead atoms. The van der Waals surface area contributed by atoms with Crippen LogP contribution in [0.3, 0.4) is 0 Å². The van der Waals surface area contributed by atoms with Crippen molar-refractivity contribution in [3.05, 3.63) is 58.9 Å². The van der Waals surface area contributed by atoms with E-state index in [-0.39, 0.29) is 54.9 Å². The molecule has 2 saturated heterocycles. The van der Waals surface area contributed by atoms with Crippen molar-refractivity contribution in [3.8, 4) is 0 Å². The second-order valence-corrected chi connectivity index (χ2v) is 12.9. The molecule has 0 saturated carbocycles. The van der Waals surface area contributed by atoms with Crippen LogP contribution in [0.5, 0.6) is 0 Å². The highest BCUT2D eigenvalue weighted by molar-refractivity contribution is 5.97. The Balaban J connectivity index is 1.37. The Hall–Kier alpha value is -3.64. The summed E-state index contributed by atoms with van der Waals surface area (Å²) in [6.07, 6.45) is 0.862. The number of halogens is 2. The van der Waals surface area contributed by atoms with Crippen molar-refractivity contribution in [1.82, 2.24) is 24.6 Å². The van der Waals surface area contributed by atoms with Crippen LogP contribution in [0.4, 0.5) is 19.3 Å². The van der Waals surface area contributed by atoms with E-state index < -0.39 is 17.7 Å². The first-order chi connectivity index (χ1) is 20.2. The molecule has 2 aromatic rings. The largest absolute Gasteiger partial charge is 0.465 e. The molecule has 43 heavy (non-hydrogen) atoms. The summed E-state index contributed by atoms with van der Waals surface area (Å²) in [6.45, 7) is 10.2. The van der Waals surface area contributed by atoms with E-state index in [1.807, 2.05) is 44.5 Å². The van der Waals surface area contributed by atoms with Crippen molar-refractivity contribution >= 4 is 23.6 Å². The number of carbonyl (C=O) groups is 3. The zero-order valence-electron chi connectivity index (χ0n) is 25.4. The summed E-state index contributed by atoms with van der Waals surface area (Å²) in [4.78, 5) is 52.3. The van der Waals surface area contributed by atoms with E-state index >= 15 is 0 Å². The quantitative estimate of drug-likeness (QED) is 0.546. The van der Waals surface area contributed by atoms with E-state index in [1.54, 1.807) is 22.1 Å². The van der Waals surface area contributed by atoms with Gasteiger partial charge in [0.2, 0.25) is 11.8 Å². The molecule has 0 aliphatic carbocycles. The van der Waals surface area contributed by atoms with Crippen LogP contribution in [0.2, 0.25) is 0 Å². The van der Waals surface area contributed by atoms with Gasteiger partial charge in [0.15, 0.2) is 0 Å². The van der Waals surface area contributed by atoms with Crippen molar-refractivity contribution in [2.45, 2.75) is 57.7 Å². The number of benzene rings is 1. The molecule has 10 nitrogen and oxygen atoms in total. The van der Waals surface area contributed by atoms with Crippen molar-refractivity contribution < 1.29 is 28.3 Å². The summed E-state index contributed by atoms with van der Waals surface area (Å²) in [6, 6.07) is 4.75. The predicted molar refractivity (Wildman–Crippen MR) is 157 cm³/mol. The van der Waals surface area contributed by atoms with Crippen molar-refractivity contribution in [2.75, 3.05) is 57.8 Å². The fourth-order valence-electron chi connectivity index (χ4n) is 6.44. The first kappa shape index (κ1) is 30.8. The average Bonchev–Trinajstić information content (AvgIpc) is 3.20. The van der Waals surface area contributed by atoms with Gasteiger partial charge in [0.1, 0.15) is 11.6 Å². The molecule has 1 aromatic carbocycles. The van der Waals surface area contributed by atoms with Gasteiger partial charge in [-0.2, -0.15) is 0 Å². The van der Waals surface area contributed by atoms with Crippen LogP contribution in [0.15, 0.2) is 30.5 Å². The zero-order chi connectivity index (χ0) is 31.2. The van der Waals surface area contributed by atoms with E-state index in [4.69, 9.17) is 0 Å². The Kier molecular flexibility index (Phi) is 8.45. The maximum atomic E-state index is 14.4.